The van der Waals surface area contributed by atoms with E-state index in [0.29, 0.717) is 24.7 Å². The second kappa shape index (κ2) is 8.73. The number of rotatable bonds is 8. The van der Waals surface area contributed by atoms with Crippen LogP contribution in [0, 0.1) is 5.41 Å². The van der Waals surface area contributed by atoms with E-state index >= 15 is 0 Å². The average Bonchev–Trinajstić information content (AvgIpc) is 2.66. The van der Waals surface area contributed by atoms with Gasteiger partial charge in [-0.2, -0.15) is 0 Å². The molecular formula is C20H32N2O4. The van der Waals surface area contributed by atoms with Crippen molar-refractivity contribution in [3.8, 4) is 11.5 Å². The first-order chi connectivity index (χ1) is 12.4. The van der Waals surface area contributed by atoms with Crippen LogP contribution in [0.3, 0.4) is 0 Å². The molecule has 1 aliphatic rings. The minimum absolute atomic E-state index is 0.0781. The molecule has 6 nitrogen and oxygen atoms in total. The molecule has 2 rings (SSSR count). The highest BCUT2D eigenvalue weighted by molar-refractivity contribution is 5.83. The molecule has 0 aromatic heterocycles. The van der Waals surface area contributed by atoms with Crippen LogP contribution in [0.2, 0.25) is 0 Å². The van der Waals surface area contributed by atoms with E-state index in [1.54, 1.807) is 21.3 Å². The molecule has 2 N–H and O–H groups in total. The molecule has 146 valence electrons. The highest BCUT2D eigenvalue weighted by Gasteiger charge is 2.40. The Bertz CT molecular complexity index is 604. The number of ether oxygens (including phenoxy) is 3. The minimum Gasteiger partial charge on any atom is -0.493 e. The maximum Gasteiger partial charge on any atom is 0.228 e. The number of carbonyl (C=O) groups is 1. The van der Waals surface area contributed by atoms with E-state index in [2.05, 4.69) is 24.5 Å². The summed E-state index contributed by atoms with van der Waals surface area (Å²) < 4.78 is 16.1. The number of benzene rings is 1. The Morgan fingerprint density at radius 3 is 2.38 bits per heavy atom. The topological polar surface area (TPSA) is 68.8 Å². The van der Waals surface area contributed by atoms with Gasteiger partial charge in [0.2, 0.25) is 5.91 Å². The summed E-state index contributed by atoms with van der Waals surface area (Å²) in [5.74, 6) is 1.47. The molecular weight excluding hydrogens is 332 g/mol. The van der Waals surface area contributed by atoms with Crippen LogP contribution in [0.25, 0.3) is 0 Å². The Morgan fingerprint density at radius 2 is 1.81 bits per heavy atom. The monoisotopic (exact) mass is 364 g/mol. The number of hydrogen-bond acceptors (Lipinski definition) is 5. The van der Waals surface area contributed by atoms with Gasteiger partial charge in [-0.05, 0) is 43.6 Å². The molecule has 0 unspecified atom stereocenters. The molecule has 1 aromatic carbocycles. The third-order valence-electron chi connectivity index (χ3n) is 5.32. The van der Waals surface area contributed by atoms with E-state index in [4.69, 9.17) is 14.2 Å². The molecule has 6 heteroatoms. The SMILES string of the molecule is COCC1(C(=O)NCC(C)(C)c2ccc(OC)c(OC)c2)CCNCC1. The van der Waals surface area contributed by atoms with Crippen LogP contribution in [0.1, 0.15) is 32.3 Å². The van der Waals surface area contributed by atoms with Crippen LogP contribution >= 0.6 is 0 Å². The van der Waals surface area contributed by atoms with Crippen molar-refractivity contribution in [2.75, 3.05) is 47.6 Å². The third-order valence-corrected chi connectivity index (χ3v) is 5.32. The molecule has 1 heterocycles. The molecule has 1 fully saturated rings. The predicted molar refractivity (Wildman–Crippen MR) is 102 cm³/mol. The van der Waals surface area contributed by atoms with Crippen LogP contribution in [-0.4, -0.2) is 53.5 Å². The van der Waals surface area contributed by atoms with Gasteiger partial charge in [-0.1, -0.05) is 19.9 Å². The van der Waals surface area contributed by atoms with Gasteiger partial charge in [-0.25, -0.2) is 0 Å². The smallest absolute Gasteiger partial charge is 0.228 e. The van der Waals surface area contributed by atoms with Crippen LogP contribution in [0.4, 0.5) is 0 Å². The third kappa shape index (κ3) is 4.48. The van der Waals surface area contributed by atoms with Crippen LogP contribution in [0.5, 0.6) is 11.5 Å². The normalized spacial score (nSPS) is 16.8. The van der Waals surface area contributed by atoms with Crippen LogP contribution < -0.4 is 20.1 Å². The summed E-state index contributed by atoms with van der Waals surface area (Å²) in [4.78, 5) is 12.9. The van der Waals surface area contributed by atoms with Gasteiger partial charge in [0.1, 0.15) is 0 Å². The number of carbonyl (C=O) groups excluding carboxylic acids is 1. The second-order valence-electron chi connectivity index (χ2n) is 7.60. The first kappa shape index (κ1) is 20.5. The van der Waals surface area contributed by atoms with Crippen molar-refractivity contribution in [3.05, 3.63) is 23.8 Å². The van der Waals surface area contributed by atoms with Crippen molar-refractivity contribution >= 4 is 5.91 Å². The standard InChI is InChI=1S/C20H32N2O4/c1-19(2,15-6-7-16(25-4)17(12-15)26-5)13-22-18(23)20(14-24-3)8-10-21-11-9-20/h6-7,12,21H,8-11,13-14H2,1-5H3,(H,22,23). The van der Waals surface area contributed by atoms with E-state index < -0.39 is 5.41 Å². The lowest BCUT2D eigenvalue weighted by Crippen LogP contribution is -2.52. The fourth-order valence-electron chi connectivity index (χ4n) is 3.47. The van der Waals surface area contributed by atoms with Crippen molar-refractivity contribution in [3.63, 3.8) is 0 Å². The Kier molecular flexibility index (Phi) is 6.89. The summed E-state index contributed by atoms with van der Waals surface area (Å²) in [7, 11) is 4.91. The van der Waals surface area contributed by atoms with Crippen molar-refractivity contribution in [1.29, 1.82) is 0 Å². The van der Waals surface area contributed by atoms with Crippen LogP contribution in [-0.2, 0) is 14.9 Å². The highest BCUT2D eigenvalue weighted by Crippen LogP contribution is 2.34. The first-order valence-electron chi connectivity index (χ1n) is 9.09. The zero-order valence-corrected chi connectivity index (χ0v) is 16.6. The molecule has 0 aliphatic carbocycles. The summed E-state index contributed by atoms with van der Waals surface area (Å²) in [6.45, 7) is 6.91. The van der Waals surface area contributed by atoms with Crippen LogP contribution in [0.15, 0.2) is 18.2 Å². The number of methoxy groups -OCH3 is 3. The van der Waals surface area contributed by atoms with E-state index in [0.717, 1.165) is 31.5 Å². The Labute approximate surface area is 156 Å². The molecule has 1 aromatic rings. The molecule has 0 spiro atoms. The lowest BCUT2D eigenvalue weighted by molar-refractivity contribution is -0.136. The van der Waals surface area contributed by atoms with Gasteiger partial charge >= 0.3 is 0 Å². The van der Waals surface area contributed by atoms with E-state index in [-0.39, 0.29) is 11.3 Å². The molecule has 26 heavy (non-hydrogen) atoms. The first-order valence-corrected chi connectivity index (χ1v) is 9.09. The summed E-state index contributed by atoms with van der Waals surface area (Å²) in [5.41, 5.74) is 0.408. The minimum atomic E-state index is -0.437. The summed E-state index contributed by atoms with van der Waals surface area (Å²) >= 11 is 0. The van der Waals surface area contributed by atoms with Crippen molar-refractivity contribution in [2.24, 2.45) is 5.41 Å². The van der Waals surface area contributed by atoms with E-state index in [1.165, 1.54) is 0 Å². The maximum atomic E-state index is 12.9. The lowest BCUT2D eigenvalue weighted by atomic mass is 9.78. The molecule has 1 amide bonds. The fraction of sp³-hybridized carbons (Fsp3) is 0.650. The van der Waals surface area contributed by atoms with Gasteiger partial charge in [0.25, 0.3) is 0 Å². The van der Waals surface area contributed by atoms with Gasteiger partial charge in [-0.3, -0.25) is 4.79 Å². The Balaban J connectivity index is 2.10. The van der Waals surface area contributed by atoms with Crippen molar-refractivity contribution < 1.29 is 19.0 Å². The average molecular weight is 364 g/mol. The molecule has 1 saturated heterocycles. The van der Waals surface area contributed by atoms with Crippen molar-refractivity contribution in [2.45, 2.75) is 32.1 Å². The lowest BCUT2D eigenvalue weighted by Gasteiger charge is -2.37. The number of piperidine rings is 1. The zero-order chi connectivity index (χ0) is 19.2. The number of amides is 1. The highest BCUT2D eigenvalue weighted by atomic mass is 16.5. The molecule has 0 saturated carbocycles. The summed E-state index contributed by atoms with van der Waals surface area (Å²) in [5, 5.41) is 6.48. The van der Waals surface area contributed by atoms with Gasteiger partial charge in [0.15, 0.2) is 11.5 Å². The fourth-order valence-corrected chi connectivity index (χ4v) is 3.47. The predicted octanol–water partition coefficient (Wildman–Crippen LogP) is 2.11. The summed E-state index contributed by atoms with van der Waals surface area (Å²) in [6.07, 6.45) is 1.59. The van der Waals surface area contributed by atoms with Crippen molar-refractivity contribution in [1.82, 2.24) is 10.6 Å². The number of nitrogens with one attached hydrogen (secondary N) is 2. The van der Waals surface area contributed by atoms with E-state index in [1.807, 2.05) is 18.2 Å². The van der Waals surface area contributed by atoms with Gasteiger partial charge in [-0.15, -0.1) is 0 Å². The molecule has 0 atom stereocenters. The summed E-state index contributed by atoms with van der Waals surface area (Å²) in [6, 6.07) is 5.89. The zero-order valence-electron chi connectivity index (χ0n) is 16.6. The Morgan fingerprint density at radius 1 is 1.15 bits per heavy atom. The number of hydrogen-bond donors (Lipinski definition) is 2. The van der Waals surface area contributed by atoms with Gasteiger partial charge in [0, 0.05) is 19.1 Å². The molecule has 0 bridgehead atoms. The quantitative estimate of drug-likeness (QED) is 0.739. The van der Waals surface area contributed by atoms with Gasteiger partial charge < -0.3 is 24.8 Å². The largest absolute Gasteiger partial charge is 0.493 e. The molecule has 0 radical (unpaired) electrons. The molecule has 1 aliphatic heterocycles. The van der Waals surface area contributed by atoms with Gasteiger partial charge in [0.05, 0.1) is 26.2 Å². The second-order valence-corrected chi connectivity index (χ2v) is 7.60. The van der Waals surface area contributed by atoms with E-state index in [9.17, 15) is 4.79 Å². The maximum absolute atomic E-state index is 12.9. The Hall–Kier alpha value is -1.79.